The van der Waals surface area contributed by atoms with E-state index in [1.807, 2.05) is 54.6 Å². The number of aliphatic hydroxyl groups excluding tert-OH is 1. The molecule has 0 aliphatic heterocycles. The van der Waals surface area contributed by atoms with Gasteiger partial charge >= 0.3 is 0 Å². The second kappa shape index (κ2) is 8.47. The maximum atomic E-state index is 12.8. The summed E-state index contributed by atoms with van der Waals surface area (Å²) in [5, 5.41) is 10.9. The van der Waals surface area contributed by atoms with Crippen molar-refractivity contribution < 1.29 is 9.90 Å². The van der Waals surface area contributed by atoms with E-state index in [0.29, 0.717) is 18.9 Å². The van der Waals surface area contributed by atoms with Crippen molar-refractivity contribution in [2.24, 2.45) is 0 Å². The Kier molecular flexibility index (Phi) is 5.84. The monoisotopic (exact) mass is 361 g/mol. The van der Waals surface area contributed by atoms with E-state index >= 15 is 0 Å². The van der Waals surface area contributed by atoms with Crippen LogP contribution in [0.2, 0.25) is 0 Å². The first-order chi connectivity index (χ1) is 13.2. The molecule has 0 saturated carbocycles. The number of hydrogen-bond acceptors (Lipinski definition) is 3. The Bertz CT molecular complexity index is 937. The molecular weight excluding hydrogens is 338 g/mol. The second-order valence-electron chi connectivity index (χ2n) is 6.23. The van der Waals surface area contributed by atoms with E-state index in [0.717, 1.165) is 16.6 Å². The van der Waals surface area contributed by atoms with Gasteiger partial charge in [0.25, 0.3) is 0 Å². The Morgan fingerprint density at radius 3 is 2.37 bits per heavy atom. The summed E-state index contributed by atoms with van der Waals surface area (Å²) in [6.07, 6.45) is 2.46. The number of nitrogens with zero attached hydrogens (tertiary/aromatic N) is 3. The zero-order chi connectivity index (χ0) is 19.2. The quantitative estimate of drug-likeness (QED) is 0.626. The number of carbonyl (C=O) groups excluding carboxylic acids is 1. The van der Waals surface area contributed by atoms with Crippen LogP contribution in [0.1, 0.15) is 17.5 Å². The van der Waals surface area contributed by atoms with Crippen molar-refractivity contribution in [2.45, 2.75) is 12.6 Å². The Balaban J connectivity index is 2.01. The van der Waals surface area contributed by atoms with Crippen LogP contribution in [0.3, 0.4) is 0 Å². The van der Waals surface area contributed by atoms with Gasteiger partial charge in [0, 0.05) is 13.1 Å². The van der Waals surface area contributed by atoms with Gasteiger partial charge in [-0.25, -0.2) is 4.98 Å². The molecule has 0 spiro atoms. The average Bonchev–Trinajstić information content (AvgIpc) is 3.06. The average molecular weight is 361 g/mol. The molecule has 2 aromatic carbocycles. The fraction of sp³-hybridized carbons (Fsp3) is 0.182. The molecule has 27 heavy (non-hydrogen) atoms. The van der Waals surface area contributed by atoms with Gasteiger partial charge < -0.3 is 14.6 Å². The lowest BCUT2D eigenvalue weighted by molar-refractivity contribution is -0.130. The molecule has 3 aromatic rings. The maximum absolute atomic E-state index is 12.8. The lowest BCUT2D eigenvalue weighted by Crippen LogP contribution is -2.34. The number of amides is 1. The van der Waals surface area contributed by atoms with Gasteiger partial charge in [-0.2, -0.15) is 0 Å². The minimum Gasteiger partial charge on any atom is -0.380 e. The minimum atomic E-state index is -0.918. The molecule has 0 bridgehead atoms. The molecule has 5 heteroatoms. The molecule has 1 unspecified atom stereocenters. The molecule has 138 valence electrons. The van der Waals surface area contributed by atoms with Crippen LogP contribution in [0.4, 0.5) is 0 Å². The number of fused-ring (bicyclic) bond motifs is 1. The van der Waals surface area contributed by atoms with Gasteiger partial charge in [-0.3, -0.25) is 4.79 Å². The molecule has 0 fully saturated rings. The standard InChI is InChI=1S/C22H23N3O2/c1-3-14-24(15-4-2)20(26)16-25-19-13-9-8-12-18(19)23-22(25)21(27)17-10-6-5-7-11-17/h3-13,21,27H,1-2,14-16H2. The fourth-order valence-electron chi connectivity index (χ4n) is 3.08. The first kappa shape index (κ1) is 18.6. The van der Waals surface area contributed by atoms with Crippen molar-refractivity contribution in [3.63, 3.8) is 0 Å². The van der Waals surface area contributed by atoms with E-state index in [1.165, 1.54) is 0 Å². The van der Waals surface area contributed by atoms with E-state index in [1.54, 1.807) is 21.6 Å². The number of aromatic nitrogens is 2. The molecule has 1 amide bonds. The zero-order valence-electron chi connectivity index (χ0n) is 15.2. The van der Waals surface area contributed by atoms with Gasteiger partial charge in [0.1, 0.15) is 18.5 Å². The number of benzene rings is 2. The summed E-state index contributed by atoms with van der Waals surface area (Å²) in [6.45, 7) is 8.38. The summed E-state index contributed by atoms with van der Waals surface area (Å²) in [5.74, 6) is 0.368. The van der Waals surface area contributed by atoms with Crippen molar-refractivity contribution in [2.75, 3.05) is 13.1 Å². The molecule has 1 N–H and O–H groups in total. The van der Waals surface area contributed by atoms with Crippen LogP contribution in [0.25, 0.3) is 11.0 Å². The SMILES string of the molecule is C=CCN(CC=C)C(=O)Cn1c(C(O)c2ccccc2)nc2ccccc21. The molecule has 5 nitrogen and oxygen atoms in total. The van der Waals surface area contributed by atoms with E-state index in [-0.39, 0.29) is 12.5 Å². The van der Waals surface area contributed by atoms with E-state index in [9.17, 15) is 9.90 Å². The number of hydrogen-bond donors (Lipinski definition) is 1. The third kappa shape index (κ3) is 3.99. The summed E-state index contributed by atoms with van der Waals surface area (Å²) in [4.78, 5) is 19.1. The van der Waals surface area contributed by atoms with Crippen molar-refractivity contribution in [3.8, 4) is 0 Å². The molecule has 1 heterocycles. The third-order valence-corrected chi connectivity index (χ3v) is 4.39. The van der Waals surface area contributed by atoms with Gasteiger partial charge in [-0.05, 0) is 17.7 Å². The van der Waals surface area contributed by atoms with Gasteiger partial charge in [-0.15, -0.1) is 13.2 Å². The lowest BCUT2D eigenvalue weighted by atomic mass is 10.1. The first-order valence-electron chi connectivity index (χ1n) is 8.83. The Labute approximate surface area is 158 Å². The molecule has 1 atom stereocenters. The normalized spacial score (nSPS) is 11.9. The van der Waals surface area contributed by atoms with Crippen molar-refractivity contribution in [1.82, 2.24) is 14.5 Å². The highest BCUT2D eigenvalue weighted by molar-refractivity contribution is 5.81. The summed E-state index contributed by atoms with van der Waals surface area (Å²) in [5.41, 5.74) is 2.29. The van der Waals surface area contributed by atoms with Crippen molar-refractivity contribution >= 4 is 16.9 Å². The fourth-order valence-corrected chi connectivity index (χ4v) is 3.08. The van der Waals surface area contributed by atoms with Crippen LogP contribution in [0, 0.1) is 0 Å². The zero-order valence-corrected chi connectivity index (χ0v) is 15.2. The van der Waals surface area contributed by atoms with Gasteiger partial charge in [0.2, 0.25) is 5.91 Å². The van der Waals surface area contributed by atoms with Crippen LogP contribution in [-0.2, 0) is 11.3 Å². The number of imidazole rings is 1. The van der Waals surface area contributed by atoms with Crippen LogP contribution in [-0.4, -0.2) is 38.6 Å². The Morgan fingerprint density at radius 2 is 1.70 bits per heavy atom. The highest BCUT2D eigenvalue weighted by Gasteiger charge is 2.22. The van der Waals surface area contributed by atoms with E-state index in [2.05, 4.69) is 18.1 Å². The van der Waals surface area contributed by atoms with Crippen LogP contribution in [0.5, 0.6) is 0 Å². The molecule has 3 rings (SSSR count). The van der Waals surface area contributed by atoms with Gasteiger partial charge in [0.15, 0.2) is 0 Å². The van der Waals surface area contributed by atoms with Crippen molar-refractivity contribution in [1.29, 1.82) is 0 Å². The highest BCUT2D eigenvalue weighted by atomic mass is 16.3. The largest absolute Gasteiger partial charge is 0.380 e. The maximum Gasteiger partial charge on any atom is 0.243 e. The van der Waals surface area contributed by atoms with E-state index in [4.69, 9.17) is 0 Å². The van der Waals surface area contributed by atoms with E-state index < -0.39 is 6.10 Å². The predicted molar refractivity (Wildman–Crippen MR) is 107 cm³/mol. The van der Waals surface area contributed by atoms with Crippen molar-refractivity contribution in [3.05, 3.63) is 91.3 Å². The van der Waals surface area contributed by atoms with Gasteiger partial charge in [0.05, 0.1) is 11.0 Å². The molecule has 1 aromatic heterocycles. The number of rotatable bonds is 8. The topological polar surface area (TPSA) is 58.4 Å². The van der Waals surface area contributed by atoms with Crippen LogP contribution in [0.15, 0.2) is 79.9 Å². The molecule has 0 aliphatic rings. The molecule has 0 radical (unpaired) electrons. The lowest BCUT2D eigenvalue weighted by Gasteiger charge is -2.21. The summed E-state index contributed by atoms with van der Waals surface area (Å²) >= 11 is 0. The minimum absolute atomic E-state index is 0.0838. The first-order valence-corrected chi connectivity index (χ1v) is 8.83. The Morgan fingerprint density at radius 1 is 1.07 bits per heavy atom. The summed E-state index contributed by atoms with van der Waals surface area (Å²) in [7, 11) is 0. The second-order valence-corrected chi connectivity index (χ2v) is 6.23. The number of para-hydroxylation sites is 2. The molecule has 0 saturated heterocycles. The van der Waals surface area contributed by atoms with Crippen LogP contribution >= 0.6 is 0 Å². The van der Waals surface area contributed by atoms with Crippen LogP contribution < -0.4 is 0 Å². The number of carbonyl (C=O) groups is 1. The summed E-state index contributed by atoms with van der Waals surface area (Å²) in [6, 6.07) is 16.9. The molecular formula is C22H23N3O2. The smallest absolute Gasteiger partial charge is 0.243 e. The predicted octanol–water partition coefficient (Wildman–Crippen LogP) is 3.32. The highest BCUT2D eigenvalue weighted by Crippen LogP contribution is 2.25. The molecule has 0 aliphatic carbocycles. The third-order valence-electron chi connectivity index (χ3n) is 4.39. The number of aliphatic hydroxyl groups is 1. The summed E-state index contributed by atoms with van der Waals surface area (Å²) < 4.78 is 1.79. The Hall–Kier alpha value is -3.18. The van der Waals surface area contributed by atoms with Gasteiger partial charge in [-0.1, -0.05) is 54.6 Å².